The van der Waals surface area contributed by atoms with Crippen molar-refractivity contribution in [3.05, 3.63) is 59.1 Å². The van der Waals surface area contributed by atoms with Crippen LogP contribution in [0.2, 0.25) is 0 Å². The second kappa shape index (κ2) is 8.62. The van der Waals surface area contributed by atoms with Gasteiger partial charge in [0, 0.05) is 17.2 Å². The number of aromatic nitrogens is 1. The minimum atomic E-state index is -3.54. The number of carbonyl (C=O) groups is 1. The van der Waals surface area contributed by atoms with Crippen molar-refractivity contribution < 1.29 is 27.4 Å². The maximum Gasteiger partial charge on any atom is 0.339 e. The average molecular weight is 434 g/mol. The van der Waals surface area contributed by atoms with Gasteiger partial charge in [0.2, 0.25) is 0 Å². The highest BCUT2D eigenvalue weighted by Crippen LogP contribution is 2.33. The predicted molar refractivity (Wildman–Crippen MR) is 109 cm³/mol. The minimum absolute atomic E-state index is 0.00495. The molecule has 0 atom stereocenters. The van der Waals surface area contributed by atoms with Crippen molar-refractivity contribution in [3.8, 4) is 22.1 Å². The second-order valence-corrected chi connectivity index (χ2v) is 8.90. The number of thiazole rings is 1. The number of benzene rings is 2. The van der Waals surface area contributed by atoms with E-state index in [-0.39, 0.29) is 17.1 Å². The molecular weight excluding hydrogens is 414 g/mol. The van der Waals surface area contributed by atoms with Gasteiger partial charge < -0.3 is 14.2 Å². The lowest BCUT2D eigenvalue weighted by atomic mass is 10.2. The predicted octanol–water partition coefficient (Wildman–Crippen LogP) is 3.59. The highest BCUT2D eigenvalue weighted by molar-refractivity contribution is 7.90. The summed E-state index contributed by atoms with van der Waals surface area (Å²) in [5.74, 6) is 0.490. The Hall–Kier alpha value is -2.91. The molecule has 1 aromatic heterocycles. The molecule has 2 aromatic carbocycles. The van der Waals surface area contributed by atoms with Gasteiger partial charge in [-0.2, -0.15) is 0 Å². The monoisotopic (exact) mass is 433 g/mol. The third kappa shape index (κ3) is 4.75. The Bertz CT molecular complexity index is 1140. The van der Waals surface area contributed by atoms with Crippen LogP contribution in [0.5, 0.6) is 11.5 Å². The van der Waals surface area contributed by atoms with Gasteiger partial charge in [-0.1, -0.05) is 12.1 Å². The molecule has 0 unspecified atom stereocenters. The van der Waals surface area contributed by atoms with Crippen molar-refractivity contribution >= 4 is 27.1 Å². The summed E-state index contributed by atoms with van der Waals surface area (Å²) in [4.78, 5) is 16.8. The van der Waals surface area contributed by atoms with E-state index in [1.54, 1.807) is 37.8 Å². The number of hydrogen-bond donors (Lipinski definition) is 0. The molecule has 1 heterocycles. The Balaban J connectivity index is 1.74. The molecule has 0 N–H and O–H groups in total. The fourth-order valence-corrected chi connectivity index (χ4v) is 4.33. The topological polar surface area (TPSA) is 91.8 Å². The van der Waals surface area contributed by atoms with Crippen molar-refractivity contribution in [2.24, 2.45) is 0 Å². The minimum Gasteiger partial charge on any atom is -0.493 e. The molecule has 9 heteroatoms. The van der Waals surface area contributed by atoms with Crippen LogP contribution in [-0.2, 0) is 21.2 Å². The van der Waals surface area contributed by atoms with Crippen molar-refractivity contribution in [1.29, 1.82) is 0 Å². The molecule has 3 rings (SSSR count). The van der Waals surface area contributed by atoms with E-state index in [0.717, 1.165) is 16.8 Å². The normalized spacial score (nSPS) is 11.1. The van der Waals surface area contributed by atoms with Gasteiger partial charge in [-0.3, -0.25) is 0 Å². The van der Waals surface area contributed by atoms with Crippen molar-refractivity contribution in [1.82, 2.24) is 4.98 Å². The molecule has 29 heavy (non-hydrogen) atoms. The van der Waals surface area contributed by atoms with Gasteiger partial charge in [0.15, 0.2) is 21.3 Å². The van der Waals surface area contributed by atoms with E-state index in [9.17, 15) is 13.2 Å². The molecular formula is C20H19NO6S2. The molecule has 0 radical (unpaired) electrons. The summed E-state index contributed by atoms with van der Waals surface area (Å²) in [5.41, 5.74) is 1.41. The number of ether oxygens (including phenoxy) is 3. The number of esters is 1. The van der Waals surface area contributed by atoms with E-state index in [0.29, 0.717) is 17.2 Å². The molecule has 0 saturated carbocycles. The first-order valence-corrected chi connectivity index (χ1v) is 11.2. The van der Waals surface area contributed by atoms with Gasteiger partial charge in [-0.25, -0.2) is 18.2 Å². The number of carbonyl (C=O) groups excluding carboxylic acids is 1. The molecule has 3 aromatic rings. The van der Waals surface area contributed by atoms with Crippen LogP contribution in [0.25, 0.3) is 10.6 Å². The molecule has 0 aliphatic heterocycles. The zero-order chi connectivity index (χ0) is 21.0. The lowest BCUT2D eigenvalue weighted by molar-refractivity contribution is 0.0464. The zero-order valence-corrected chi connectivity index (χ0v) is 17.7. The highest BCUT2D eigenvalue weighted by atomic mass is 32.2. The van der Waals surface area contributed by atoms with Crippen molar-refractivity contribution in [2.45, 2.75) is 11.5 Å². The SMILES string of the molecule is COc1ccc(-c2nc(COC(=O)c3ccccc3S(C)(=O)=O)cs2)cc1OC. The summed E-state index contributed by atoms with van der Waals surface area (Å²) >= 11 is 1.40. The zero-order valence-electron chi connectivity index (χ0n) is 16.0. The highest BCUT2D eigenvalue weighted by Gasteiger charge is 2.19. The average Bonchev–Trinajstić information content (AvgIpc) is 3.20. The van der Waals surface area contributed by atoms with Crippen LogP contribution in [0.4, 0.5) is 0 Å². The van der Waals surface area contributed by atoms with E-state index in [4.69, 9.17) is 14.2 Å². The maximum absolute atomic E-state index is 12.4. The third-order valence-electron chi connectivity index (χ3n) is 4.04. The first-order chi connectivity index (χ1) is 13.8. The van der Waals surface area contributed by atoms with Crippen LogP contribution in [0.1, 0.15) is 16.1 Å². The van der Waals surface area contributed by atoms with E-state index < -0.39 is 15.8 Å². The van der Waals surface area contributed by atoms with Crippen LogP contribution in [0.15, 0.2) is 52.7 Å². The summed E-state index contributed by atoms with van der Waals surface area (Å²) in [6.45, 7) is -0.0687. The Morgan fingerprint density at radius 1 is 1.07 bits per heavy atom. The molecule has 0 fully saturated rings. The Morgan fingerprint density at radius 3 is 2.48 bits per heavy atom. The summed E-state index contributed by atoms with van der Waals surface area (Å²) < 4.78 is 39.5. The smallest absolute Gasteiger partial charge is 0.339 e. The Morgan fingerprint density at radius 2 is 1.79 bits per heavy atom. The van der Waals surface area contributed by atoms with Crippen molar-refractivity contribution in [2.75, 3.05) is 20.5 Å². The second-order valence-electron chi connectivity index (χ2n) is 6.06. The van der Waals surface area contributed by atoms with Crippen LogP contribution >= 0.6 is 11.3 Å². The van der Waals surface area contributed by atoms with Gasteiger partial charge in [-0.05, 0) is 30.3 Å². The van der Waals surface area contributed by atoms with E-state index in [1.165, 1.54) is 23.5 Å². The lowest BCUT2D eigenvalue weighted by Gasteiger charge is -2.08. The van der Waals surface area contributed by atoms with Gasteiger partial charge >= 0.3 is 5.97 Å². The summed E-state index contributed by atoms with van der Waals surface area (Å²) in [5, 5.41) is 2.51. The molecule has 0 aliphatic carbocycles. The molecule has 0 saturated heterocycles. The Kier molecular flexibility index (Phi) is 6.19. The number of rotatable bonds is 7. The van der Waals surface area contributed by atoms with Crippen LogP contribution < -0.4 is 9.47 Å². The molecule has 152 valence electrons. The first-order valence-electron chi connectivity index (χ1n) is 8.46. The standard InChI is InChI=1S/C20H19NO6S2/c1-25-16-9-8-13(10-17(16)26-2)19-21-14(12-28-19)11-27-20(22)15-6-4-5-7-18(15)29(3,23)24/h4-10,12H,11H2,1-3H3. The molecule has 0 bridgehead atoms. The number of nitrogens with zero attached hydrogens (tertiary/aromatic N) is 1. The van der Waals surface area contributed by atoms with Gasteiger partial charge in [0.05, 0.1) is 30.4 Å². The fraction of sp³-hybridized carbons (Fsp3) is 0.200. The molecule has 0 aliphatic rings. The number of hydrogen-bond acceptors (Lipinski definition) is 8. The maximum atomic E-state index is 12.4. The first kappa shape index (κ1) is 20.8. The van der Waals surface area contributed by atoms with Crippen LogP contribution in [-0.4, -0.2) is 39.8 Å². The molecule has 0 amide bonds. The van der Waals surface area contributed by atoms with Gasteiger partial charge in [0.25, 0.3) is 0 Å². The lowest BCUT2D eigenvalue weighted by Crippen LogP contribution is -2.11. The number of methoxy groups -OCH3 is 2. The van der Waals surface area contributed by atoms with E-state index in [2.05, 4.69) is 4.98 Å². The summed E-state index contributed by atoms with van der Waals surface area (Å²) in [6.07, 6.45) is 1.05. The Labute approximate surface area is 172 Å². The van der Waals surface area contributed by atoms with E-state index >= 15 is 0 Å². The van der Waals surface area contributed by atoms with Crippen LogP contribution in [0.3, 0.4) is 0 Å². The van der Waals surface area contributed by atoms with E-state index in [1.807, 2.05) is 12.1 Å². The fourth-order valence-electron chi connectivity index (χ4n) is 2.65. The largest absolute Gasteiger partial charge is 0.493 e. The quantitative estimate of drug-likeness (QED) is 0.526. The third-order valence-corrected chi connectivity index (χ3v) is 6.13. The summed E-state index contributed by atoms with van der Waals surface area (Å²) in [6, 6.07) is 11.4. The van der Waals surface area contributed by atoms with Crippen molar-refractivity contribution in [3.63, 3.8) is 0 Å². The van der Waals surface area contributed by atoms with Gasteiger partial charge in [0.1, 0.15) is 11.6 Å². The molecule has 7 nitrogen and oxygen atoms in total. The molecule has 0 spiro atoms. The summed E-state index contributed by atoms with van der Waals surface area (Å²) in [7, 11) is -0.419. The van der Waals surface area contributed by atoms with Gasteiger partial charge in [-0.15, -0.1) is 11.3 Å². The number of sulfone groups is 1. The van der Waals surface area contributed by atoms with Crippen LogP contribution in [0, 0.1) is 0 Å².